The van der Waals surface area contributed by atoms with Gasteiger partial charge in [-0.05, 0) is 93.6 Å². The summed E-state index contributed by atoms with van der Waals surface area (Å²) in [6, 6.07) is 4.82. The lowest BCUT2D eigenvalue weighted by molar-refractivity contribution is 0.0376. The lowest BCUT2D eigenvalue weighted by Gasteiger charge is -2.36. The van der Waals surface area contributed by atoms with Crippen molar-refractivity contribution in [1.82, 2.24) is 13.9 Å². The maximum absolute atomic E-state index is 13.8. The lowest BCUT2D eigenvalue weighted by atomic mass is 9.95. The van der Waals surface area contributed by atoms with Gasteiger partial charge < -0.3 is 14.4 Å². The third-order valence-corrected chi connectivity index (χ3v) is 12.2. The summed E-state index contributed by atoms with van der Waals surface area (Å²) in [6.07, 6.45) is 0.706. The van der Waals surface area contributed by atoms with Crippen LogP contribution in [0.5, 0.6) is 5.75 Å². The molecule has 1 N–H and O–H groups in total. The fraction of sp³-hybridized carbons (Fsp3) is 0.586. The summed E-state index contributed by atoms with van der Waals surface area (Å²) in [4.78, 5) is 4.82. The van der Waals surface area contributed by atoms with Gasteiger partial charge in [-0.1, -0.05) is 0 Å². The molecule has 0 saturated carbocycles. The average molecular weight is 609 g/mol. The summed E-state index contributed by atoms with van der Waals surface area (Å²) in [5.41, 5.74) is 5.35. The second-order valence-corrected chi connectivity index (χ2v) is 14.5. The zero-order chi connectivity index (χ0) is 29.9. The molecule has 0 bridgehead atoms. The van der Waals surface area contributed by atoms with Crippen molar-refractivity contribution in [3.8, 4) is 5.75 Å². The van der Waals surface area contributed by atoms with Crippen LogP contribution in [0.4, 0.5) is 5.69 Å². The molecule has 2 aliphatic heterocycles. The molecule has 2 fully saturated rings. The summed E-state index contributed by atoms with van der Waals surface area (Å²) >= 11 is 0. The van der Waals surface area contributed by atoms with Crippen molar-refractivity contribution >= 4 is 25.7 Å². The molecule has 0 aliphatic carbocycles. The van der Waals surface area contributed by atoms with Crippen LogP contribution >= 0.6 is 0 Å². The van der Waals surface area contributed by atoms with Crippen molar-refractivity contribution in [3.63, 3.8) is 0 Å². The van der Waals surface area contributed by atoms with E-state index in [0.29, 0.717) is 55.6 Å². The highest BCUT2D eigenvalue weighted by Gasteiger charge is 2.33. The van der Waals surface area contributed by atoms with Gasteiger partial charge in [-0.15, -0.1) is 0 Å². The predicted octanol–water partition coefficient (Wildman–Crippen LogP) is 2.75. The summed E-state index contributed by atoms with van der Waals surface area (Å²) in [5.74, 6) is 0.545. The SMILES string of the molecule is COc1ccc(S(=O)(=O)NCCCN2CCOCC2)cc1N1CCN(S(=O)(=O)c2c(C)c(C)c(C)c(C)c2C)CC1. The van der Waals surface area contributed by atoms with Crippen molar-refractivity contribution < 1.29 is 26.3 Å². The number of rotatable bonds is 10. The van der Waals surface area contributed by atoms with Crippen LogP contribution < -0.4 is 14.4 Å². The molecule has 2 aromatic rings. The number of nitrogens with one attached hydrogen (secondary N) is 1. The largest absolute Gasteiger partial charge is 0.495 e. The molecule has 0 amide bonds. The third-order valence-electron chi connectivity index (χ3n) is 8.62. The lowest BCUT2D eigenvalue weighted by Crippen LogP contribution is -2.49. The molecule has 228 valence electrons. The fourth-order valence-electron chi connectivity index (χ4n) is 5.65. The zero-order valence-electron chi connectivity index (χ0n) is 25.1. The van der Waals surface area contributed by atoms with Gasteiger partial charge in [0.15, 0.2) is 0 Å². The van der Waals surface area contributed by atoms with Crippen molar-refractivity contribution in [3.05, 3.63) is 46.0 Å². The normalized spacial score (nSPS) is 17.7. The Morgan fingerprint density at radius 2 is 1.41 bits per heavy atom. The number of morpholine rings is 1. The molecular weight excluding hydrogens is 564 g/mol. The van der Waals surface area contributed by atoms with Crippen LogP contribution in [0.2, 0.25) is 0 Å². The summed E-state index contributed by atoms with van der Waals surface area (Å²) in [6.45, 7) is 15.4. The Bertz CT molecular complexity index is 1430. The monoisotopic (exact) mass is 608 g/mol. The molecule has 2 aromatic carbocycles. The van der Waals surface area contributed by atoms with Gasteiger partial charge in [-0.2, -0.15) is 4.31 Å². The molecule has 2 saturated heterocycles. The van der Waals surface area contributed by atoms with Gasteiger partial charge in [0.05, 0.1) is 35.8 Å². The van der Waals surface area contributed by atoms with E-state index in [0.717, 1.165) is 47.5 Å². The molecule has 0 unspecified atom stereocenters. The van der Waals surface area contributed by atoms with Crippen LogP contribution in [-0.2, 0) is 24.8 Å². The number of ether oxygens (including phenoxy) is 2. The fourth-order valence-corrected chi connectivity index (χ4v) is 8.73. The Hall–Kier alpha value is -2.22. The Kier molecular flexibility index (Phi) is 10.0. The van der Waals surface area contributed by atoms with Crippen LogP contribution in [-0.4, -0.2) is 98.7 Å². The van der Waals surface area contributed by atoms with E-state index in [2.05, 4.69) is 9.62 Å². The molecule has 0 radical (unpaired) electrons. The Balaban J connectivity index is 1.46. The average Bonchev–Trinajstić information content (AvgIpc) is 2.97. The van der Waals surface area contributed by atoms with E-state index < -0.39 is 20.0 Å². The topological polar surface area (TPSA) is 108 Å². The molecule has 41 heavy (non-hydrogen) atoms. The minimum absolute atomic E-state index is 0.159. The van der Waals surface area contributed by atoms with E-state index in [1.54, 1.807) is 25.3 Å². The van der Waals surface area contributed by atoms with Crippen molar-refractivity contribution in [1.29, 1.82) is 0 Å². The molecule has 2 aliphatic rings. The first-order valence-corrected chi connectivity index (χ1v) is 17.1. The standard InChI is InChI=1S/C29H44N4O6S2/c1-21-22(2)24(4)29(25(5)23(21)3)41(36,37)33-14-12-32(13-15-33)27-20-26(8-9-28(27)38-6)40(34,35)30-10-7-11-31-16-18-39-19-17-31/h8-9,20,30H,7,10-19H2,1-6H3. The van der Waals surface area contributed by atoms with Gasteiger partial charge in [-0.3, -0.25) is 4.90 Å². The number of benzene rings is 2. The van der Waals surface area contributed by atoms with Gasteiger partial charge in [0.25, 0.3) is 0 Å². The second kappa shape index (κ2) is 13.0. The van der Waals surface area contributed by atoms with Gasteiger partial charge in [-0.25, -0.2) is 21.6 Å². The Morgan fingerprint density at radius 1 is 0.829 bits per heavy atom. The van der Waals surface area contributed by atoms with E-state index in [9.17, 15) is 16.8 Å². The third kappa shape index (κ3) is 6.73. The summed E-state index contributed by atoms with van der Waals surface area (Å²) < 4.78 is 69.0. The summed E-state index contributed by atoms with van der Waals surface area (Å²) in [7, 11) is -5.88. The Labute approximate surface area is 245 Å². The summed E-state index contributed by atoms with van der Waals surface area (Å²) in [5, 5.41) is 0. The van der Waals surface area contributed by atoms with E-state index in [4.69, 9.17) is 9.47 Å². The molecular formula is C29H44N4O6S2. The van der Waals surface area contributed by atoms with Crippen LogP contribution in [0.1, 0.15) is 34.2 Å². The highest BCUT2D eigenvalue weighted by molar-refractivity contribution is 7.89. The number of anilines is 1. The maximum Gasteiger partial charge on any atom is 0.243 e. The van der Waals surface area contributed by atoms with E-state index in [1.165, 1.54) is 4.31 Å². The highest BCUT2D eigenvalue weighted by Crippen LogP contribution is 2.34. The van der Waals surface area contributed by atoms with Crippen LogP contribution in [0.3, 0.4) is 0 Å². The number of hydrogen-bond donors (Lipinski definition) is 1. The van der Waals surface area contributed by atoms with Gasteiger partial charge >= 0.3 is 0 Å². The maximum atomic E-state index is 13.8. The number of hydrogen-bond acceptors (Lipinski definition) is 8. The predicted molar refractivity (Wildman–Crippen MR) is 161 cm³/mol. The Morgan fingerprint density at radius 3 is 2.00 bits per heavy atom. The van der Waals surface area contributed by atoms with Gasteiger partial charge in [0.1, 0.15) is 5.75 Å². The van der Waals surface area contributed by atoms with Gasteiger partial charge in [0, 0.05) is 45.8 Å². The minimum atomic E-state index is -3.72. The van der Waals surface area contributed by atoms with Gasteiger partial charge in [0.2, 0.25) is 20.0 Å². The van der Waals surface area contributed by atoms with Crippen molar-refractivity contribution in [2.45, 2.75) is 50.8 Å². The molecule has 12 heteroatoms. The van der Waals surface area contributed by atoms with E-state index in [-0.39, 0.29) is 18.0 Å². The minimum Gasteiger partial charge on any atom is -0.495 e. The zero-order valence-corrected chi connectivity index (χ0v) is 26.8. The van der Waals surface area contributed by atoms with Crippen LogP contribution in [0.15, 0.2) is 28.0 Å². The first kappa shape index (κ1) is 31.7. The quantitative estimate of drug-likeness (QED) is 0.411. The number of piperazine rings is 1. The highest BCUT2D eigenvalue weighted by atomic mass is 32.2. The number of nitrogens with zero attached hydrogens (tertiary/aromatic N) is 3. The molecule has 0 atom stereocenters. The first-order chi connectivity index (χ1) is 19.4. The molecule has 0 spiro atoms. The number of sulfonamides is 2. The van der Waals surface area contributed by atoms with E-state index >= 15 is 0 Å². The van der Waals surface area contributed by atoms with E-state index in [1.807, 2.05) is 39.5 Å². The molecule has 0 aromatic heterocycles. The molecule has 10 nitrogen and oxygen atoms in total. The first-order valence-electron chi connectivity index (χ1n) is 14.2. The van der Waals surface area contributed by atoms with Crippen molar-refractivity contribution in [2.75, 3.05) is 77.6 Å². The van der Waals surface area contributed by atoms with Crippen LogP contribution in [0, 0.1) is 34.6 Å². The molecule has 4 rings (SSSR count). The number of methoxy groups -OCH3 is 1. The van der Waals surface area contributed by atoms with Crippen LogP contribution in [0.25, 0.3) is 0 Å². The molecule has 2 heterocycles. The second-order valence-electron chi connectivity index (χ2n) is 10.9. The smallest absolute Gasteiger partial charge is 0.243 e. The van der Waals surface area contributed by atoms with Crippen molar-refractivity contribution in [2.24, 2.45) is 0 Å².